The lowest BCUT2D eigenvalue weighted by atomic mass is 10.1. The molecular formula is C15H9F4NOS. The fourth-order valence-electron chi connectivity index (χ4n) is 1.88. The number of hydrogen-bond donors (Lipinski definition) is 0. The van der Waals surface area contributed by atoms with E-state index in [1.165, 1.54) is 42.1 Å². The summed E-state index contributed by atoms with van der Waals surface area (Å²) in [6, 6.07) is 8.93. The van der Waals surface area contributed by atoms with Crippen molar-refractivity contribution in [1.82, 2.24) is 4.98 Å². The number of aromatic nitrogens is 1. The molecule has 0 bridgehead atoms. The van der Waals surface area contributed by atoms with Crippen molar-refractivity contribution in [3.05, 3.63) is 59.4 Å². The summed E-state index contributed by atoms with van der Waals surface area (Å²) >= 11 is 1.24. The molecule has 0 spiro atoms. The van der Waals surface area contributed by atoms with Gasteiger partial charge in [-0.15, -0.1) is 0 Å². The molecule has 0 fully saturated rings. The fourth-order valence-corrected chi connectivity index (χ4v) is 2.67. The van der Waals surface area contributed by atoms with Gasteiger partial charge in [0.2, 0.25) is 0 Å². The lowest BCUT2D eigenvalue weighted by Gasteiger charge is -2.06. The number of rotatable bonds is 3. The van der Waals surface area contributed by atoms with E-state index in [1.54, 1.807) is 0 Å². The van der Waals surface area contributed by atoms with Gasteiger partial charge in [0.1, 0.15) is 11.3 Å². The molecule has 0 saturated heterocycles. The highest BCUT2D eigenvalue weighted by atomic mass is 32.2. The fraction of sp³-hybridized carbons (Fsp3) is 0.133. The van der Waals surface area contributed by atoms with Gasteiger partial charge in [-0.1, -0.05) is 23.9 Å². The minimum Gasteiger partial charge on any atom is -0.431 e. The molecule has 3 rings (SSSR count). The molecule has 3 aromatic rings. The summed E-state index contributed by atoms with van der Waals surface area (Å²) in [5, 5.41) is 0.348. The molecule has 0 aliphatic rings. The zero-order chi connectivity index (χ0) is 15.7. The Balaban J connectivity index is 1.71. The van der Waals surface area contributed by atoms with E-state index < -0.39 is 17.6 Å². The van der Waals surface area contributed by atoms with E-state index in [4.69, 9.17) is 4.42 Å². The molecule has 0 radical (unpaired) electrons. The van der Waals surface area contributed by atoms with Gasteiger partial charge in [-0.3, -0.25) is 0 Å². The highest BCUT2D eigenvalue weighted by Gasteiger charge is 2.29. The van der Waals surface area contributed by atoms with Crippen LogP contribution in [-0.4, -0.2) is 4.98 Å². The number of nitrogens with zero attached hydrogens (tertiary/aromatic N) is 1. The first-order chi connectivity index (χ1) is 10.4. The molecule has 22 heavy (non-hydrogen) atoms. The molecule has 0 aliphatic heterocycles. The third-order valence-electron chi connectivity index (χ3n) is 2.97. The van der Waals surface area contributed by atoms with Crippen LogP contribution in [0, 0.1) is 5.82 Å². The van der Waals surface area contributed by atoms with Crippen molar-refractivity contribution in [2.45, 2.75) is 17.2 Å². The van der Waals surface area contributed by atoms with Crippen LogP contribution in [-0.2, 0) is 11.9 Å². The predicted octanol–water partition coefficient (Wildman–Crippen LogP) is 5.28. The number of hydrogen-bond acceptors (Lipinski definition) is 3. The molecule has 1 aromatic heterocycles. The highest BCUT2D eigenvalue weighted by molar-refractivity contribution is 7.98. The summed E-state index contributed by atoms with van der Waals surface area (Å²) in [4.78, 5) is 4.12. The molecule has 0 saturated carbocycles. The van der Waals surface area contributed by atoms with Crippen LogP contribution in [0.25, 0.3) is 11.1 Å². The van der Waals surface area contributed by atoms with E-state index in [1.807, 2.05) is 0 Å². The molecule has 0 aliphatic carbocycles. The molecule has 0 N–H and O–H groups in total. The largest absolute Gasteiger partial charge is 0.431 e. The molecule has 0 atom stereocenters. The van der Waals surface area contributed by atoms with E-state index in [0.29, 0.717) is 27.6 Å². The average Bonchev–Trinajstić information content (AvgIpc) is 2.86. The van der Waals surface area contributed by atoms with Gasteiger partial charge in [0.25, 0.3) is 5.22 Å². The summed E-state index contributed by atoms with van der Waals surface area (Å²) in [5.74, 6) is 0.00746. The predicted molar refractivity (Wildman–Crippen MR) is 75.0 cm³/mol. The van der Waals surface area contributed by atoms with Crippen LogP contribution in [0.3, 0.4) is 0 Å². The number of halogens is 4. The van der Waals surface area contributed by atoms with Gasteiger partial charge >= 0.3 is 6.18 Å². The van der Waals surface area contributed by atoms with E-state index in [0.717, 1.165) is 12.1 Å². The molecule has 2 aromatic carbocycles. The quantitative estimate of drug-likeness (QED) is 0.484. The minimum absolute atomic E-state index is 0.348. The number of thioether (sulfide) groups is 1. The molecule has 0 unspecified atom stereocenters. The van der Waals surface area contributed by atoms with Crippen LogP contribution in [0.1, 0.15) is 11.1 Å². The topological polar surface area (TPSA) is 26.0 Å². The number of benzene rings is 2. The summed E-state index contributed by atoms with van der Waals surface area (Å²) in [5.41, 5.74) is 0.913. The van der Waals surface area contributed by atoms with Crippen molar-refractivity contribution in [2.75, 3.05) is 0 Å². The van der Waals surface area contributed by atoms with Gasteiger partial charge in [0, 0.05) is 11.8 Å². The average molecular weight is 327 g/mol. The van der Waals surface area contributed by atoms with Crippen molar-refractivity contribution in [3.63, 3.8) is 0 Å². The summed E-state index contributed by atoms with van der Waals surface area (Å²) in [7, 11) is 0. The van der Waals surface area contributed by atoms with Gasteiger partial charge in [-0.25, -0.2) is 9.37 Å². The first-order valence-corrected chi connectivity index (χ1v) is 7.25. The minimum atomic E-state index is -4.34. The van der Waals surface area contributed by atoms with Crippen molar-refractivity contribution in [1.29, 1.82) is 0 Å². The Morgan fingerprint density at radius 2 is 1.77 bits per heavy atom. The SMILES string of the molecule is Fc1ccc2oc(SCc3ccc(C(F)(F)F)cc3)nc2c1. The lowest BCUT2D eigenvalue weighted by molar-refractivity contribution is -0.137. The Morgan fingerprint density at radius 1 is 1.05 bits per heavy atom. The van der Waals surface area contributed by atoms with Gasteiger partial charge in [0.05, 0.1) is 5.56 Å². The maximum absolute atomic E-state index is 13.1. The Kier molecular flexibility index (Phi) is 3.82. The van der Waals surface area contributed by atoms with Crippen LogP contribution in [0.2, 0.25) is 0 Å². The van der Waals surface area contributed by atoms with Crippen molar-refractivity contribution in [3.8, 4) is 0 Å². The third kappa shape index (κ3) is 3.24. The summed E-state index contributed by atoms with van der Waals surface area (Å²) < 4.78 is 55.9. The molecule has 0 amide bonds. The van der Waals surface area contributed by atoms with Crippen LogP contribution in [0.4, 0.5) is 17.6 Å². The van der Waals surface area contributed by atoms with Crippen LogP contribution in [0.5, 0.6) is 0 Å². The molecule has 114 valence electrons. The van der Waals surface area contributed by atoms with Gasteiger partial charge in [-0.05, 0) is 29.8 Å². The molecule has 1 heterocycles. The third-order valence-corrected chi connectivity index (χ3v) is 3.87. The first-order valence-electron chi connectivity index (χ1n) is 6.27. The van der Waals surface area contributed by atoms with E-state index in [9.17, 15) is 17.6 Å². The standard InChI is InChI=1S/C15H9F4NOS/c16-11-5-6-13-12(7-11)20-14(21-13)22-8-9-1-3-10(4-2-9)15(17,18)19/h1-7H,8H2. The second kappa shape index (κ2) is 5.64. The van der Waals surface area contributed by atoms with Crippen LogP contribution < -0.4 is 0 Å². The van der Waals surface area contributed by atoms with Crippen LogP contribution in [0.15, 0.2) is 52.1 Å². The second-order valence-corrected chi connectivity index (χ2v) is 5.50. The summed E-state index contributed by atoms with van der Waals surface area (Å²) in [6.07, 6.45) is -4.34. The van der Waals surface area contributed by atoms with Gasteiger partial charge in [-0.2, -0.15) is 13.2 Å². The monoisotopic (exact) mass is 327 g/mol. The Morgan fingerprint density at radius 3 is 2.45 bits per heavy atom. The van der Waals surface area contributed by atoms with E-state index >= 15 is 0 Å². The van der Waals surface area contributed by atoms with E-state index in [-0.39, 0.29) is 0 Å². The second-order valence-electron chi connectivity index (χ2n) is 4.58. The smallest absolute Gasteiger partial charge is 0.416 e. The number of alkyl halides is 3. The Hall–Kier alpha value is -2.02. The number of oxazole rings is 1. The van der Waals surface area contributed by atoms with Crippen molar-refractivity contribution < 1.29 is 22.0 Å². The molecular weight excluding hydrogens is 318 g/mol. The van der Waals surface area contributed by atoms with Gasteiger partial charge < -0.3 is 4.42 Å². The maximum Gasteiger partial charge on any atom is 0.416 e. The lowest BCUT2D eigenvalue weighted by Crippen LogP contribution is -2.04. The first kappa shape index (κ1) is 14.9. The summed E-state index contributed by atoms with van der Waals surface area (Å²) in [6.45, 7) is 0. The Bertz CT molecular complexity index is 795. The van der Waals surface area contributed by atoms with E-state index in [2.05, 4.69) is 4.98 Å². The zero-order valence-corrected chi connectivity index (χ0v) is 11.8. The molecule has 2 nitrogen and oxygen atoms in total. The normalized spacial score (nSPS) is 12.0. The highest BCUT2D eigenvalue weighted by Crippen LogP contribution is 2.31. The maximum atomic E-state index is 13.1. The van der Waals surface area contributed by atoms with Crippen molar-refractivity contribution >= 4 is 22.9 Å². The number of fused-ring (bicyclic) bond motifs is 1. The Labute approximate surface area is 127 Å². The van der Waals surface area contributed by atoms with Crippen LogP contribution >= 0.6 is 11.8 Å². The molecule has 7 heteroatoms. The van der Waals surface area contributed by atoms with Gasteiger partial charge in [0.15, 0.2) is 5.58 Å². The van der Waals surface area contributed by atoms with Crippen molar-refractivity contribution in [2.24, 2.45) is 0 Å². The zero-order valence-electron chi connectivity index (χ0n) is 11.0.